The van der Waals surface area contributed by atoms with E-state index in [2.05, 4.69) is 29.1 Å². The van der Waals surface area contributed by atoms with Gasteiger partial charge in [-0.1, -0.05) is 25.8 Å². The third-order valence-electron chi connectivity index (χ3n) is 3.64. The Hall–Kier alpha value is -0.300. The summed E-state index contributed by atoms with van der Waals surface area (Å²) in [6, 6.07) is 0. The first-order chi connectivity index (χ1) is 8.62. The number of rotatable bonds is 5. The number of aliphatic hydroxyl groups is 1. The molecule has 0 aromatic heterocycles. The zero-order valence-corrected chi connectivity index (χ0v) is 14.4. The Balaban J connectivity index is 0.00000324. The van der Waals surface area contributed by atoms with Gasteiger partial charge in [-0.15, -0.1) is 30.6 Å². The lowest BCUT2D eigenvalue weighted by Gasteiger charge is -2.37. The van der Waals surface area contributed by atoms with Gasteiger partial charge in [0.05, 0.1) is 12.6 Å². The molecule has 0 aromatic carbocycles. The first-order valence-corrected chi connectivity index (χ1v) is 6.93. The summed E-state index contributed by atoms with van der Waals surface area (Å²) in [6.45, 7) is 10.1. The van der Waals surface area contributed by atoms with Crippen LogP contribution in [0.2, 0.25) is 0 Å². The molecule has 19 heavy (non-hydrogen) atoms. The van der Waals surface area contributed by atoms with E-state index in [4.69, 9.17) is 0 Å². The monoisotopic (exact) mass is 381 g/mol. The first kappa shape index (κ1) is 18.7. The van der Waals surface area contributed by atoms with E-state index in [-0.39, 0.29) is 35.5 Å². The van der Waals surface area contributed by atoms with Gasteiger partial charge in [-0.2, -0.15) is 0 Å². The molecule has 0 amide bonds. The molecule has 0 heterocycles. The second-order valence-electron chi connectivity index (χ2n) is 5.28. The third-order valence-corrected chi connectivity index (χ3v) is 3.64. The molecule has 1 aliphatic carbocycles. The van der Waals surface area contributed by atoms with Crippen LogP contribution in [0.3, 0.4) is 0 Å². The fraction of sp³-hybridized carbons (Fsp3) is 0.786. The van der Waals surface area contributed by atoms with E-state index in [0.29, 0.717) is 13.1 Å². The van der Waals surface area contributed by atoms with Gasteiger partial charge in [-0.05, 0) is 19.8 Å². The molecule has 1 saturated carbocycles. The van der Waals surface area contributed by atoms with Gasteiger partial charge in [0.2, 0.25) is 0 Å². The standard InChI is InChI=1S/C14H27N3O.HI/c1-4-10-16-13(15-5-2)17-11-14(3)9-7-6-8-12(14)18;/h4,12,18H,1,5-11H2,2-3H3,(H2,15,16,17);1H. The Morgan fingerprint density at radius 1 is 1.47 bits per heavy atom. The van der Waals surface area contributed by atoms with Crippen molar-refractivity contribution in [3.8, 4) is 0 Å². The van der Waals surface area contributed by atoms with Crippen molar-refractivity contribution in [3.05, 3.63) is 12.7 Å². The number of nitrogens with one attached hydrogen (secondary N) is 2. The summed E-state index contributed by atoms with van der Waals surface area (Å²) in [7, 11) is 0. The van der Waals surface area contributed by atoms with Crippen LogP contribution in [0.25, 0.3) is 0 Å². The smallest absolute Gasteiger partial charge is 0.191 e. The third kappa shape index (κ3) is 6.12. The summed E-state index contributed by atoms with van der Waals surface area (Å²) in [5.41, 5.74) is -0.0746. The van der Waals surface area contributed by atoms with Gasteiger partial charge in [0.1, 0.15) is 0 Å². The zero-order valence-electron chi connectivity index (χ0n) is 12.1. The largest absolute Gasteiger partial charge is 0.392 e. The van der Waals surface area contributed by atoms with Gasteiger partial charge in [0.25, 0.3) is 0 Å². The zero-order chi connectivity index (χ0) is 13.4. The van der Waals surface area contributed by atoms with Gasteiger partial charge in [-0.3, -0.25) is 4.99 Å². The fourth-order valence-corrected chi connectivity index (χ4v) is 2.34. The van der Waals surface area contributed by atoms with Gasteiger partial charge in [0.15, 0.2) is 5.96 Å². The lowest BCUT2D eigenvalue weighted by atomic mass is 9.73. The van der Waals surface area contributed by atoms with Crippen LogP contribution >= 0.6 is 24.0 Å². The molecular weight excluding hydrogens is 353 g/mol. The predicted molar refractivity (Wildman–Crippen MR) is 92.2 cm³/mol. The molecule has 3 N–H and O–H groups in total. The van der Waals surface area contributed by atoms with Crippen molar-refractivity contribution in [3.63, 3.8) is 0 Å². The molecule has 2 unspecified atom stereocenters. The molecule has 2 atom stereocenters. The Kier molecular flexibility index (Phi) is 9.43. The van der Waals surface area contributed by atoms with E-state index in [1.165, 1.54) is 6.42 Å². The van der Waals surface area contributed by atoms with Crippen LogP contribution in [0.15, 0.2) is 17.6 Å². The highest BCUT2D eigenvalue weighted by Gasteiger charge is 2.35. The molecule has 1 rings (SSSR count). The quantitative estimate of drug-likeness (QED) is 0.297. The maximum atomic E-state index is 10.1. The summed E-state index contributed by atoms with van der Waals surface area (Å²) in [6.07, 6.45) is 5.87. The van der Waals surface area contributed by atoms with Crippen LogP contribution < -0.4 is 10.6 Å². The topological polar surface area (TPSA) is 56.7 Å². The average molecular weight is 381 g/mol. The van der Waals surface area contributed by atoms with E-state index in [1.807, 2.05) is 13.0 Å². The SMILES string of the molecule is C=CCNC(=NCC1(C)CCCCC1O)NCC.I. The summed E-state index contributed by atoms with van der Waals surface area (Å²) >= 11 is 0. The lowest BCUT2D eigenvalue weighted by molar-refractivity contribution is 0.00717. The number of aliphatic hydroxyl groups excluding tert-OH is 1. The van der Waals surface area contributed by atoms with Crippen LogP contribution in [0.1, 0.15) is 39.5 Å². The molecule has 112 valence electrons. The second-order valence-corrected chi connectivity index (χ2v) is 5.28. The number of guanidine groups is 1. The minimum atomic E-state index is -0.225. The highest BCUT2D eigenvalue weighted by atomic mass is 127. The van der Waals surface area contributed by atoms with Crippen LogP contribution in [0, 0.1) is 5.41 Å². The number of hydrogen-bond acceptors (Lipinski definition) is 2. The highest BCUT2D eigenvalue weighted by Crippen LogP contribution is 2.36. The predicted octanol–water partition coefficient (Wildman–Crippen LogP) is 2.29. The number of aliphatic imine (C=N–C) groups is 1. The van der Waals surface area contributed by atoms with Crippen molar-refractivity contribution < 1.29 is 5.11 Å². The van der Waals surface area contributed by atoms with Crippen LogP contribution in [0.4, 0.5) is 0 Å². The van der Waals surface area contributed by atoms with Crippen molar-refractivity contribution in [1.29, 1.82) is 0 Å². The highest BCUT2D eigenvalue weighted by molar-refractivity contribution is 14.0. The summed E-state index contributed by atoms with van der Waals surface area (Å²) < 4.78 is 0. The number of halogens is 1. The molecule has 1 aliphatic rings. The van der Waals surface area contributed by atoms with Gasteiger partial charge in [0, 0.05) is 18.5 Å². The van der Waals surface area contributed by atoms with Crippen molar-refractivity contribution in [2.45, 2.75) is 45.6 Å². The van der Waals surface area contributed by atoms with E-state index in [9.17, 15) is 5.11 Å². The molecule has 0 aliphatic heterocycles. The Morgan fingerprint density at radius 2 is 2.21 bits per heavy atom. The fourth-order valence-electron chi connectivity index (χ4n) is 2.34. The summed E-state index contributed by atoms with van der Waals surface area (Å²) in [4.78, 5) is 4.58. The number of hydrogen-bond donors (Lipinski definition) is 3. The van der Waals surface area contributed by atoms with Crippen molar-refractivity contribution in [2.24, 2.45) is 10.4 Å². The lowest BCUT2D eigenvalue weighted by Crippen LogP contribution is -2.41. The Labute approximate surface area is 134 Å². The molecule has 5 heteroatoms. The molecule has 0 aromatic rings. The van der Waals surface area contributed by atoms with Crippen LogP contribution in [0.5, 0.6) is 0 Å². The molecule has 0 spiro atoms. The van der Waals surface area contributed by atoms with Crippen LogP contribution in [-0.2, 0) is 0 Å². The first-order valence-electron chi connectivity index (χ1n) is 6.93. The minimum Gasteiger partial charge on any atom is -0.392 e. The van der Waals surface area contributed by atoms with Crippen molar-refractivity contribution >= 4 is 29.9 Å². The van der Waals surface area contributed by atoms with E-state index < -0.39 is 0 Å². The van der Waals surface area contributed by atoms with Crippen molar-refractivity contribution in [1.82, 2.24) is 10.6 Å². The molecular formula is C14H28IN3O. The Morgan fingerprint density at radius 3 is 2.79 bits per heavy atom. The molecule has 0 radical (unpaired) electrons. The van der Waals surface area contributed by atoms with Crippen LogP contribution in [-0.4, -0.2) is 36.8 Å². The van der Waals surface area contributed by atoms with E-state index >= 15 is 0 Å². The van der Waals surface area contributed by atoms with Gasteiger partial charge >= 0.3 is 0 Å². The van der Waals surface area contributed by atoms with Gasteiger partial charge in [-0.25, -0.2) is 0 Å². The molecule has 0 bridgehead atoms. The summed E-state index contributed by atoms with van der Waals surface area (Å²) in [5, 5.41) is 16.5. The maximum Gasteiger partial charge on any atom is 0.191 e. The van der Waals surface area contributed by atoms with Crippen molar-refractivity contribution in [2.75, 3.05) is 19.6 Å². The van der Waals surface area contributed by atoms with E-state index in [0.717, 1.165) is 31.8 Å². The molecule has 0 saturated heterocycles. The Bertz CT molecular complexity index is 296. The minimum absolute atomic E-state index is 0. The number of nitrogens with zero attached hydrogens (tertiary/aromatic N) is 1. The maximum absolute atomic E-state index is 10.1. The van der Waals surface area contributed by atoms with Gasteiger partial charge < -0.3 is 15.7 Å². The summed E-state index contributed by atoms with van der Waals surface area (Å²) in [5.74, 6) is 0.802. The normalized spacial score (nSPS) is 27.3. The average Bonchev–Trinajstić information content (AvgIpc) is 2.37. The van der Waals surface area contributed by atoms with E-state index in [1.54, 1.807) is 0 Å². The molecule has 1 fully saturated rings. The molecule has 4 nitrogen and oxygen atoms in total. The second kappa shape index (κ2) is 9.58.